The second-order valence-electron chi connectivity index (χ2n) is 6.02. The molecule has 0 aliphatic carbocycles. The van der Waals surface area contributed by atoms with E-state index < -0.39 is 5.60 Å². The van der Waals surface area contributed by atoms with Crippen LogP contribution in [0.1, 0.15) is 36.7 Å². The van der Waals surface area contributed by atoms with E-state index >= 15 is 0 Å². The van der Waals surface area contributed by atoms with Gasteiger partial charge in [-0.2, -0.15) is 5.10 Å². The number of aliphatic hydroxyl groups is 1. The van der Waals surface area contributed by atoms with Crippen LogP contribution < -0.4 is 5.32 Å². The summed E-state index contributed by atoms with van der Waals surface area (Å²) in [5.41, 5.74) is 0.141. The number of rotatable bonds is 6. The highest BCUT2D eigenvalue weighted by molar-refractivity contribution is 8.00. The molecule has 1 heterocycles. The number of carbonyl (C=O) groups is 1. The molecule has 1 amide bonds. The largest absolute Gasteiger partial charge is 0.383 e. The zero-order valence-corrected chi connectivity index (χ0v) is 14.7. The summed E-state index contributed by atoms with van der Waals surface area (Å²) in [5.74, 6) is -0.182. The Morgan fingerprint density at radius 3 is 2.74 bits per heavy atom. The van der Waals surface area contributed by atoms with E-state index in [-0.39, 0.29) is 12.5 Å². The van der Waals surface area contributed by atoms with E-state index in [1.807, 2.05) is 18.2 Å². The third-order valence-corrected chi connectivity index (χ3v) is 4.50. The molecular weight excluding hydrogens is 310 g/mol. The van der Waals surface area contributed by atoms with E-state index in [2.05, 4.69) is 24.3 Å². The van der Waals surface area contributed by atoms with Crippen molar-refractivity contribution >= 4 is 17.7 Å². The van der Waals surface area contributed by atoms with Gasteiger partial charge in [0.05, 0.1) is 18.3 Å². The number of aryl methyl sites for hydroxylation is 1. The quantitative estimate of drug-likeness (QED) is 0.797. The molecule has 0 saturated carbocycles. The summed E-state index contributed by atoms with van der Waals surface area (Å²) >= 11 is 1.65. The minimum absolute atomic E-state index is 0.123. The van der Waals surface area contributed by atoms with Gasteiger partial charge in [0.1, 0.15) is 5.60 Å². The first-order chi connectivity index (χ1) is 10.8. The number of aromatic nitrogens is 2. The van der Waals surface area contributed by atoms with Gasteiger partial charge in [0.25, 0.3) is 5.91 Å². The summed E-state index contributed by atoms with van der Waals surface area (Å²) in [5, 5.41) is 17.8. The maximum Gasteiger partial charge on any atom is 0.252 e. The molecule has 0 aliphatic rings. The van der Waals surface area contributed by atoms with Crippen LogP contribution in [0.2, 0.25) is 0 Å². The monoisotopic (exact) mass is 333 g/mol. The van der Waals surface area contributed by atoms with Gasteiger partial charge in [-0.3, -0.25) is 9.48 Å². The van der Waals surface area contributed by atoms with Crippen LogP contribution in [0.3, 0.4) is 0 Å². The fourth-order valence-electron chi connectivity index (χ4n) is 2.16. The van der Waals surface area contributed by atoms with Crippen LogP contribution in [-0.2, 0) is 12.6 Å². The molecule has 0 fully saturated rings. The molecule has 0 spiro atoms. The van der Waals surface area contributed by atoms with Crippen molar-refractivity contribution in [3.63, 3.8) is 0 Å². The van der Waals surface area contributed by atoms with E-state index in [9.17, 15) is 9.90 Å². The minimum atomic E-state index is -1.16. The first kappa shape index (κ1) is 17.6. The van der Waals surface area contributed by atoms with Crippen LogP contribution >= 0.6 is 11.8 Å². The Bertz CT molecular complexity index is 680. The highest BCUT2D eigenvalue weighted by atomic mass is 32.2. The molecule has 1 aromatic heterocycles. The van der Waals surface area contributed by atoms with Gasteiger partial charge in [0, 0.05) is 29.0 Å². The summed E-state index contributed by atoms with van der Waals surface area (Å²) in [6.07, 6.45) is 3.35. The van der Waals surface area contributed by atoms with Gasteiger partial charge < -0.3 is 10.4 Å². The van der Waals surface area contributed by atoms with Gasteiger partial charge in [-0.15, -0.1) is 11.8 Å². The number of amides is 1. The molecule has 6 heteroatoms. The van der Waals surface area contributed by atoms with Crippen LogP contribution in [0.4, 0.5) is 0 Å². The summed E-state index contributed by atoms with van der Waals surface area (Å²) < 4.78 is 1.63. The van der Waals surface area contributed by atoms with Gasteiger partial charge >= 0.3 is 0 Å². The van der Waals surface area contributed by atoms with Crippen molar-refractivity contribution in [3.8, 4) is 0 Å². The summed E-state index contributed by atoms with van der Waals surface area (Å²) in [6.45, 7) is 5.97. The molecule has 124 valence electrons. The van der Waals surface area contributed by atoms with E-state index in [1.54, 1.807) is 48.9 Å². The van der Waals surface area contributed by atoms with Gasteiger partial charge in [0.2, 0.25) is 0 Å². The van der Waals surface area contributed by atoms with Crippen molar-refractivity contribution in [3.05, 3.63) is 47.8 Å². The number of carbonyl (C=O) groups excluding carboxylic acids is 1. The molecule has 0 aliphatic heterocycles. The lowest BCUT2D eigenvalue weighted by molar-refractivity contribution is 0.0525. The number of benzene rings is 1. The van der Waals surface area contributed by atoms with Gasteiger partial charge in [-0.25, -0.2) is 0 Å². The predicted molar refractivity (Wildman–Crippen MR) is 92.5 cm³/mol. The van der Waals surface area contributed by atoms with Crippen molar-refractivity contribution in [2.24, 2.45) is 7.05 Å². The fraction of sp³-hybridized carbons (Fsp3) is 0.412. The standard InChI is InChI=1S/C17H23N3O2S/c1-12(2)23-15-8-6-5-7-14(15)16(21)18-11-17(3,22)13-9-19-20(4)10-13/h5-10,12,22H,11H2,1-4H3,(H,18,21)/t17-/m0/s1. The zero-order valence-electron chi connectivity index (χ0n) is 13.9. The van der Waals surface area contributed by atoms with Gasteiger partial charge in [-0.05, 0) is 19.1 Å². The second-order valence-corrected chi connectivity index (χ2v) is 7.64. The highest BCUT2D eigenvalue weighted by Gasteiger charge is 2.26. The molecule has 2 rings (SSSR count). The van der Waals surface area contributed by atoms with Crippen molar-refractivity contribution in [2.45, 2.75) is 36.5 Å². The van der Waals surface area contributed by atoms with E-state index in [0.29, 0.717) is 16.4 Å². The van der Waals surface area contributed by atoms with E-state index in [1.165, 1.54) is 0 Å². The van der Waals surface area contributed by atoms with Crippen LogP contribution in [0.25, 0.3) is 0 Å². The average Bonchev–Trinajstić information content (AvgIpc) is 2.92. The van der Waals surface area contributed by atoms with Crippen molar-refractivity contribution in [1.82, 2.24) is 15.1 Å². The third-order valence-electron chi connectivity index (χ3n) is 3.41. The second kappa shape index (κ2) is 7.19. The molecule has 2 aromatic rings. The Balaban J connectivity index is 2.08. The topological polar surface area (TPSA) is 67.2 Å². The van der Waals surface area contributed by atoms with E-state index in [0.717, 1.165) is 4.90 Å². The molecule has 1 atom stereocenters. The van der Waals surface area contributed by atoms with Crippen LogP contribution in [0.5, 0.6) is 0 Å². The average molecular weight is 333 g/mol. The lowest BCUT2D eigenvalue weighted by Crippen LogP contribution is -2.38. The lowest BCUT2D eigenvalue weighted by Gasteiger charge is -2.22. The molecular formula is C17H23N3O2S. The number of hydrogen-bond acceptors (Lipinski definition) is 4. The Morgan fingerprint density at radius 1 is 1.43 bits per heavy atom. The minimum Gasteiger partial charge on any atom is -0.383 e. The normalized spacial score (nSPS) is 13.8. The first-order valence-electron chi connectivity index (χ1n) is 7.55. The number of nitrogens with one attached hydrogen (secondary N) is 1. The Morgan fingerprint density at radius 2 is 2.13 bits per heavy atom. The smallest absolute Gasteiger partial charge is 0.252 e. The van der Waals surface area contributed by atoms with Crippen molar-refractivity contribution in [1.29, 1.82) is 0 Å². The van der Waals surface area contributed by atoms with Crippen molar-refractivity contribution in [2.75, 3.05) is 6.54 Å². The van der Waals surface area contributed by atoms with Gasteiger partial charge in [-0.1, -0.05) is 26.0 Å². The number of nitrogens with zero attached hydrogens (tertiary/aromatic N) is 2. The maximum absolute atomic E-state index is 12.5. The summed E-state index contributed by atoms with van der Waals surface area (Å²) in [7, 11) is 1.79. The molecule has 5 nitrogen and oxygen atoms in total. The highest BCUT2D eigenvalue weighted by Crippen LogP contribution is 2.26. The first-order valence-corrected chi connectivity index (χ1v) is 8.43. The number of thioether (sulfide) groups is 1. The summed E-state index contributed by atoms with van der Waals surface area (Å²) in [6, 6.07) is 7.52. The van der Waals surface area contributed by atoms with Crippen LogP contribution in [-0.4, -0.2) is 32.6 Å². The molecule has 1 aromatic carbocycles. The Hall–Kier alpha value is -1.79. The maximum atomic E-state index is 12.5. The molecule has 23 heavy (non-hydrogen) atoms. The zero-order chi connectivity index (χ0) is 17.0. The Labute approximate surface area is 141 Å². The number of hydrogen-bond donors (Lipinski definition) is 2. The summed E-state index contributed by atoms with van der Waals surface area (Å²) in [4.78, 5) is 13.4. The SMILES string of the molecule is CC(C)Sc1ccccc1C(=O)NC[C@](C)(O)c1cnn(C)c1. The molecule has 0 unspecified atom stereocenters. The van der Waals surface area contributed by atoms with Crippen LogP contribution in [0, 0.1) is 0 Å². The fourth-order valence-corrected chi connectivity index (χ4v) is 3.11. The Kier molecular flexibility index (Phi) is 5.49. The molecule has 0 bridgehead atoms. The predicted octanol–water partition coefficient (Wildman–Crippen LogP) is 2.56. The lowest BCUT2D eigenvalue weighted by atomic mass is 9.99. The van der Waals surface area contributed by atoms with E-state index in [4.69, 9.17) is 0 Å². The third kappa shape index (κ3) is 4.59. The molecule has 0 saturated heterocycles. The van der Waals surface area contributed by atoms with Crippen LogP contribution in [0.15, 0.2) is 41.6 Å². The molecule has 2 N–H and O–H groups in total. The van der Waals surface area contributed by atoms with Gasteiger partial charge in [0.15, 0.2) is 0 Å². The van der Waals surface area contributed by atoms with Crippen molar-refractivity contribution < 1.29 is 9.90 Å². The molecule has 0 radical (unpaired) electrons.